The summed E-state index contributed by atoms with van der Waals surface area (Å²) in [5.74, 6) is -1.56. The molecule has 0 aliphatic heterocycles. The molecule has 0 heterocycles. The Labute approximate surface area is 141 Å². The van der Waals surface area contributed by atoms with Gasteiger partial charge in [-0.3, -0.25) is 4.72 Å². The highest BCUT2D eigenvalue weighted by molar-refractivity contribution is 9.10. The van der Waals surface area contributed by atoms with E-state index in [0.29, 0.717) is 4.47 Å². The molecule has 0 bridgehead atoms. The first-order valence-corrected chi connectivity index (χ1v) is 8.78. The molecule has 2 aromatic rings. The first-order valence-electron chi connectivity index (χ1n) is 5.33. The SMILES string of the molecule is O=S(=O)(Nc1c(Cl)cc(F)cc1Br)c1ccc(Br)cc1F. The molecule has 0 atom stereocenters. The number of rotatable bonds is 3. The first-order chi connectivity index (χ1) is 9.70. The number of benzene rings is 2. The fourth-order valence-electron chi connectivity index (χ4n) is 1.52. The Morgan fingerprint density at radius 3 is 2.33 bits per heavy atom. The summed E-state index contributed by atoms with van der Waals surface area (Å²) < 4.78 is 53.9. The van der Waals surface area contributed by atoms with Gasteiger partial charge in [-0.1, -0.05) is 27.5 Å². The minimum atomic E-state index is -4.20. The molecular weight excluding hydrogens is 455 g/mol. The van der Waals surface area contributed by atoms with E-state index in [0.717, 1.165) is 24.3 Å². The summed E-state index contributed by atoms with van der Waals surface area (Å²) >= 11 is 11.8. The van der Waals surface area contributed by atoms with Gasteiger partial charge in [-0.15, -0.1) is 0 Å². The van der Waals surface area contributed by atoms with Crippen molar-refractivity contribution in [2.75, 3.05) is 4.72 Å². The van der Waals surface area contributed by atoms with Crippen LogP contribution in [-0.4, -0.2) is 8.42 Å². The molecule has 0 radical (unpaired) electrons. The van der Waals surface area contributed by atoms with Gasteiger partial charge in [0.05, 0.1) is 10.7 Å². The van der Waals surface area contributed by atoms with Crippen LogP contribution < -0.4 is 4.72 Å². The van der Waals surface area contributed by atoms with Crippen LogP contribution in [0, 0.1) is 11.6 Å². The van der Waals surface area contributed by atoms with E-state index in [4.69, 9.17) is 11.6 Å². The number of sulfonamides is 1. The standard InChI is InChI=1S/C12H6Br2ClF2NO2S/c13-6-1-2-11(10(17)3-6)21(19,20)18-12-8(14)4-7(16)5-9(12)15/h1-5,18H. The molecule has 2 rings (SSSR count). The lowest BCUT2D eigenvalue weighted by molar-refractivity contribution is 0.569. The third-order valence-electron chi connectivity index (χ3n) is 2.43. The van der Waals surface area contributed by atoms with Crippen LogP contribution in [0.25, 0.3) is 0 Å². The Morgan fingerprint density at radius 1 is 1.10 bits per heavy atom. The smallest absolute Gasteiger partial charge is 0.264 e. The van der Waals surface area contributed by atoms with Crippen molar-refractivity contribution in [3.05, 3.63) is 55.9 Å². The molecule has 0 aromatic heterocycles. The summed E-state index contributed by atoms with van der Waals surface area (Å²) in [6.45, 7) is 0. The molecule has 0 fully saturated rings. The summed E-state index contributed by atoms with van der Waals surface area (Å²) in [6.07, 6.45) is 0. The Balaban J connectivity index is 2.47. The van der Waals surface area contributed by atoms with Crippen molar-refractivity contribution in [3.63, 3.8) is 0 Å². The molecule has 112 valence electrons. The number of nitrogens with one attached hydrogen (secondary N) is 1. The van der Waals surface area contributed by atoms with Gasteiger partial charge in [-0.05, 0) is 46.3 Å². The van der Waals surface area contributed by atoms with Crippen molar-refractivity contribution in [3.8, 4) is 0 Å². The van der Waals surface area contributed by atoms with E-state index in [9.17, 15) is 17.2 Å². The van der Waals surface area contributed by atoms with E-state index in [1.54, 1.807) is 0 Å². The van der Waals surface area contributed by atoms with Crippen LogP contribution in [-0.2, 0) is 10.0 Å². The highest BCUT2D eigenvalue weighted by atomic mass is 79.9. The lowest BCUT2D eigenvalue weighted by atomic mass is 10.3. The third-order valence-corrected chi connectivity index (χ3v) is 5.23. The average Bonchev–Trinajstić information content (AvgIpc) is 2.33. The van der Waals surface area contributed by atoms with Gasteiger partial charge < -0.3 is 0 Å². The molecule has 0 unspecified atom stereocenters. The van der Waals surface area contributed by atoms with Crippen LogP contribution in [0.1, 0.15) is 0 Å². The van der Waals surface area contributed by atoms with Crippen LogP contribution in [0.15, 0.2) is 44.2 Å². The second-order valence-electron chi connectivity index (χ2n) is 3.92. The second kappa shape index (κ2) is 6.20. The maximum Gasteiger partial charge on any atom is 0.264 e. The molecule has 0 aliphatic carbocycles. The first kappa shape index (κ1) is 16.7. The maximum atomic E-state index is 13.8. The summed E-state index contributed by atoms with van der Waals surface area (Å²) in [7, 11) is -4.20. The van der Waals surface area contributed by atoms with Crippen LogP contribution >= 0.6 is 43.5 Å². The maximum absolute atomic E-state index is 13.8. The molecule has 0 amide bonds. The van der Waals surface area contributed by atoms with Gasteiger partial charge in [-0.2, -0.15) is 0 Å². The molecule has 0 aliphatic rings. The Bertz CT molecular complexity index is 792. The van der Waals surface area contributed by atoms with E-state index < -0.39 is 26.6 Å². The molecule has 3 nitrogen and oxygen atoms in total. The van der Waals surface area contributed by atoms with E-state index in [1.165, 1.54) is 6.07 Å². The average molecular weight is 462 g/mol. The number of anilines is 1. The van der Waals surface area contributed by atoms with Crippen LogP contribution in [0.5, 0.6) is 0 Å². The second-order valence-corrected chi connectivity index (χ2v) is 7.75. The van der Waals surface area contributed by atoms with Gasteiger partial charge in [0.2, 0.25) is 0 Å². The highest BCUT2D eigenvalue weighted by Crippen LogP contribution is 2.33. The Morgan fingerprint density at radius 2 is 1.76 bits per heavy atom. The van der Waals surface area contributed by atoms with Crippen molar-refractivity contribution in [2.45, 2.75) is 4.90 Å². The van der Waals surface area contributed by atoms with Crippen molar-refractivity contribution >= 4 is 59.2 Å². The molecule has 21 heavy (non-hydrogen) atoms. The molecule has 0 saturated heterocycles. The summed E-state index contributed by atoms with van der Waals surface area (Å²) in [5.41, 5.74) is -0.0691. The zero-order valence-electron chi connectivity index (χ0n) is 10.0. The monoisotopic (exact) mass is 459 g/mol. The van der Waals surface area contributed by atoms with E-state index in [2.05, 4.69) is 36.6 Å². The zero-order chi connectivity index (χ0) is 15.8. The van der Waals surface area contributed by atoms with Crippen LogP contribution in [0.3, 0.4) is 0 Å². The number of hydrogen-bond donors (Lipinski definition) is 1. The van der Waals surface area contributed by atoms with Gasteiger partial charge in [-0.25, -0.2) is 17.2 Å². The van der Waals surface area contributed by atoms with Crippen molar-refractivity contribution < 1.29 is 17.2 Å². The van der Waals surface area contributed by atoms with Crippen molar-refractivity contribution in [1.82, 2.24) is 0 Å². The predicted octanol–water partition coefficient (Wildman–Crippen LogP) is 4.94. The zero-order valence-corrected chi connectivity index (χ0v) is 14.7. The fourth-order valence-corrected chi connectivity index (χ4v) is 4.10. The molecule has 2 aromatic carbocycles. The van der Waals surface area contributed by atoms with Crippen molar-refractivity contribution in [1.29, 1.82) is 0 Å². The Kier molecular flexibility index (Phi) is 4.92. The number of hydrogen-bond acceptors (Lipinski definition) is 2. The third kappa shape index (κ3) is 3.74. The fraction of sp³-hybridized carbons (Fsp3) is 0. The highest BCUT2D eigenvalue weighted by Gasteiger charge is 2.22. The number of halogens is 5. The molecule has 9 heteroatoms. The van der Waals surface area contributed by atoms with Gasteiger partial charge in [0.1, 0.15) is 16.5 Å². The van der Waals surface area contributed by atoms with Gasteiger partial charge in [0.15, 0.2) is 0 Å². The summed E-state index contributed by atoms with van der Waals surface area (Å²) in [4.78, 5) is -0.544. The molecule has 1 N–H and O–H groups in total. The van der Waals surface area contributed by atoms with E-state index in [1.807, 2.05) is 0 Å². The van der Waals surface area contributed by atoms with Gasteiger partial charge in [0.25, 0.3) is 10.0 Å². The van der Waals surface area contributed by atoms with E-state index in [-0.39, 0.29) is 15.2 Å². The van der Waals surface area contributed by atoms with Crippen LogP contribution in [0.2, 0.25) is 5.02 Å². The van der Waals surface area contributed by atoms with Crippen LogP contribution in [0.4, 0.5) is 14.5 Å². The summed E-state index contributed by atoms with van der Waals surface area (Å²) in [6, 6.07) is 5.51. The van der Waals surface area contributed by atoms with Crippen molar-refractivity contribution in [2.24, 2.45) is 0 Å². The molecule has 0 spiro atoms. The largest absolute Gasteiger partial charge is 0.277 e. The van der Waals surface area contributed by atoms with Gasteiger partial charge >= 0.3 is 0 Å². The quantitative estimate of drug-likeness (QED) is 0.704. The normalized spacial score (nSPS) is 11.5. The van der Waals surface area contributed by atoms with Gasteiger partial charge in [0, 0.05) is 8.95 Å². The van der Waals surface area contributed by atoms with E-state index >= 15 is 0 Å². The molecule has 0 saturated carbocycles. The topological polar surface area (TPSA) is 46.2 Å². The lowest BCUT2D eigenvalue weighted by Gasteiger charge is -2.12. The Hall–Kier alpha value is -0.700. The summed E-state index contributed by atoms with van der Waals surface area (Å²) in [5, 5.41) is -0.150. The molecular formula is C12H6Br2ClF2NO2S. The minimum Gasteiger partial charge on any atom is -0.277 e. The predicted molar refractivity (Wildman–Crippen MR) is 84.0 cm³/mol. The minimum absolute atomic E-state index is 0.0691. The lowest BCUT2D eigenvalue weighted by Crippen LogP contribution is -2.15.